The molecule has 18 heavy (non-hydrogen) atoms. The molecule has 0 amide bonds. The average molecular weight is 249 g/mol. The Bertz CT molecular complexity index is 384. The summed E-state index contributed by atoms with van der Waals surface area (Å²) < 4.78 is 11.3. The van der Waals surface area contributed by atoms with Crippen molar-refractivity contribution in [2.45, 2.75) is 51.4 Å². The minimum Gasteiger partial charge on any atom is -0.496 e. The van der Waals surface area contributed by atoms with Gasteiger partial charge in [0.1, 0.15) is 5.75 Å². The molecule has 1 fully saturated rings. The van der Waals surface area contributed by atoms with Crippen LogP contribution in [0.5, 0.6) is 5.75 Å². The van der Waals surface area contributed by atoms with E-state index < -0.39 is 0 Å². The first-order chi connectivity index (χ1) is 8.70. The van der Waals surface area contributed by atoms with Crippen LogP contribution in [0.15, 0.2) is 18.2 Å². The lowest BCUT2D eigenvalue weighted by Crippen LogP contribution is -2.10. The summed E-state index contributed by atoms with van der Waals surface area (Å²) in [4.78, 5) is 0. The van der Waals surface area contributed by atoms with Crippen molar-refractivity contribution in [3.63, 3.8) is 0 Å². The van der Waals surface area contributed by atoms with Crippen molar-refractivity contribution in [2.75, 3.05) is 7.11 Å². The fourth-order valence-electron chi connectivity index (χ4n) is 2.46. The third-order valence-electron chi connectivity index (χ3n) is 3.61. The van der Waals surface area contributed by atoms with Crippen LogP contribution in [0.4, 0.5) is 0 Å². The minimum absolute atomic E-state index is 0.0427. The number of hydrogen-bond acceptors (Lipinski definition) is 3. The normalized spacial score (nSPS) is 17.9. The van der Waals surface area contributed by atoms with Gasteiger partial charge < -0.3 is 15.2 Å². The molecule has 0 saturated heterocycles. The maximum absolute atomic E-state index is 5.95. The predicted octanol–water partition coefficient (Wildman–Crippen LogP) is 3.17. The van der Waals surface area contributed by atoms with Crippen LogP contribution in [0.2, 0.25) is 0 Å². The molecule has 2 rings (SSSR count). The van der Waals surface area contributed by atoms with Gasteiger partial charge in [-0.3, -0.25) is 0 Å². The van der Waals surface area contributed by atoms with Crippen LogP contribution in [0, 0.1) is 0 Å². The average Bonchev–Trinajstić information content (AvgIpc) is 2.89. The molecule has 1 aromatic rings. The summed E-state index contributed by atoms with van der Waals surface area (Å²) in [6, 6.07) is 6.13. The molecule has 3 heteroatoms. The summed E-state index contributed by atoms with van der Waals surface area (Å²) in [5.74, 6) is 0.886. The molecule has 0 aromatic heterocycles. The van der Waals surface area contributed by atoms with E-state index in [1.165, 1.54) is 25.7 Å². The van der Waals surface area contributed by atoms with E-state index in [9.17, 15) is 0 Å². The van der Waals surface area contributed by atoms with Gasteiger partial charge in [0, 0.05) is 11.6 Å². The van der Waals surface area contributed by atoms with Crippen molar-refractivity contribution < 1.29 is 9.47 Å². The molecule has 2 N–H and O–H groups in total. The van der Waals surface area contributed by atoms with Crippen LogP contribution in [0.25, 0.3) is 0 Å². The largest absolute Gasteiger partial charge is 0.496 e. The van der Waals surface area contributed by atoms with Gasteiger partial charge in [-0.1, -0.05) is 18.9 Å². The zero-order valence-corrected chi connectivity index (χ0v) is 11.3. The van der Waals surface area contributed by atoms with Crippen molar-refractivity contribution in [1.82, 2.24) is 0 Å². The smallest absolute Gasteiger partial charge is 0.124 e. The summed E-state index contributed by atoms with van der Waals surface area (Å²) in [6.07, 6.45) is 5.39. The molecule has 0 radical (unpaired) electrons. The van der Waals surface area contributed by atoms with Gasteiger partial charge in [0.2, 0.25) is 0 Å². The second kappa shape index (κ2) is 6.21. The lowest BCUT2D eigenvalue weighted by atomic mass is 10.1. The second-order valence-corrected chi connectivity index (χ2v) is 5.08. The number of ether oxygens (including phenoxy) is 2. The van der Waals surface area contributed by atoms with Gasteiger partial charge in [0.15, 0.2) is 0 Å². The lowest BCUT2D eigenvalue weighted by Gasteiger charge is -2.15. The Labute approximate surface area is 109 Å². The fraction of sp³-hybridized carbons (Fsp3) is 0.600. The molecular weight excluding hydrogens is 226 g/mol. The SMILES string of the molecule is COc1ccc(C(C)N)cc1COC1CCCC1. The Morgan fingerprint density at radius 3 is 2.67 bits per heavy atom. The van der Waals surface area contributed by atoms with E-state index in [-0.39, 0.29) is 6.04 Å². The van der Waals surface area contributed by atoms with E-state index >= 15 is 0 Å². The zero-order chi connectivity index (χ0) is 13.0. The first-order valence-corrected chi connectivity index (χ1v) is 6.74. The van der Waals surface area contributed by atoms with Crippen LogP contribution in [0.1, 0.15) is 49.8 Å². The summed E-state index contributed by atoms with van der Waals surface area (Å²) in [5.41, 5.74) is 8.13. The highest BCUT2D eigenvalue weighted by molar-refractivity contribution is 5.37. The molecule has 0 aliphatic heterocycles. The molecule has 1 aliphatic rings. The second-order valence-electron chi connectivity index (χ2n) is 5.08. The Kier molecular flexibility index (Phi) is 4.61. The third-order valence-corrected chi connectivity index (χ3v) is 3.61. The van der Waals surface area contributed by atoms with Gasteiger partial charge in [-0.2, -0.15) is 0 Å². The van der Waals surface area contributed by atoms with Crippen molar-refractivity contribution in [3.8, 4) is 5.75 Å². The molecule has 0 spiro atoms. The van der Waals surface area contributed by atoms with Crippen LogP contribution in [0.3, 0.4) is 0 Å². The number of benzene rings is 1. The quantitative estimate of drug-likeness (QED) is 0.871. The molecule has 1 aromatic carbocycles. The first kappa shape index (κ1) is 13.4. The third kappa shape index (κ3) is 3.24. The van der Waals surface area contributed by atoms with E-state index in [0.717, 1.165) is 16.9 Å². The van der Waals surface area contributed by atoms with Gasteiger partial charge in [0.25, 0.3) is 0 Å². The first-order valence-electron chi connectivity index (χ1n) is 6.74. The number of nitrogens with two attached hydrogens (primary N) is 1. The van der Waals surface area contributed by atoms with Crippen molar-refractivity contribution >= 4 is 0 Å². The molecule has 3 nitrogen and oxygen atoms in total. The fourth-order valence-corrected chi connectivity index (χ4v) is 2.46. The topological polar surface area (TPSA) is 44.5 Å². The summed E-state index contributed by atoms with van der Waals surface area (Å²) in [7, 11) is 1.69. The molecule has 0 heterocycles. The van der Waals surface area contributed by atoms with E-state index in [1.54, 1.807) is 7.11 Å². The van der Waals surface area contributed by atoms with E-state index in [2.05, 4.69) is 6.07 Å². The number of methoxy groups -OCH3 is 1. The highest BCUT2D eigenvalue weighted by atomic mass is 16.5. The maximum atomic E-state index is 5.95. The summed E-state index contributed by atoms with van der Waals surface area (Å²) in [6.45, 7) is 2.61. The predicted molar refractivity (Wildman–Crippen MR) is 72.6 cm³/mol. The highest BCUT2D eigenvalue weighted by Gasteiger charge is 2.16. The van der Waals surface area contributed by atoms with Gasteiger partial charge in [-0.15, -0.1) is 0 Å². The van der Waals surface area contributed by atoms with Crippen molar-refractivity contribution in [3.05, 3.63) is 29.3 Å². The molecule has 0 bridgehead atoms. The lowest BCUT2D eigenvalue weighted by molar-refractivity contribution is 0.0446. The molecule has 1 atom stereocenters. The molecule has 1 aliphatic carbocycles. The van der Waals surface area contributed by atoms with Crippen LogP contribution >= 0.6 is 0 Å². The van der Waals surface area contributed by atoms with Crippen LogP contribution < -0.4 is 10.5 Å². The van der Waals surface area contributed by atoms with Gasteiger partial charge in [-0.05, 0) is 37.5 Å². The van der Waals surface area contributed by atoms with Crippen molar-refractivity contribution in [2.24, 2.45) is 5.73 Å². The Morgan fingerprint density at radius 1 is 1.33 bits per heavy atom. The van der Waals surface area contributed by atoms with Gasteiger partial charge in [-0.25, -0.2) is 0 Å². The standard InChI is InChI=1S/C15H23NO2/c1-11(16)12-7-8-15(17-2)13(9-12)10-18-14-5-3-4-6-14/h7-9,11,14H,3-6,10,16H2,1-2H3. The number of rotatable bonds is 5. The van der Waals surface area contributed by atoms with E-state index in [0.29, 0.717) is 12.7 Å². The van der Waals surface area contributed by atoms with E-state index in [1.807, 2.05) is 19.1 Å². The summed E-state index contributed by atoms with van der Waals surface area (Å²) >= 11 is 0. The van der Waals surface area contributed by atoms with Crippen LogP contribution in [-0.4, -0.2) is 13.2 Å². The molecule has 1 saturated carbocycles. The van der Waals surface area contributed by atoms with Gasteiger partial charge in [0.05, 0.1) is 19.8 Å². The number of hydrogen-bond donors (Lipinski definition) is 1. The Morgan fingerprint density at radius 2 is 2.06 bits per heavy atom. The molecule has 100 valence electrons. The van der Waals surface area contributed by atoms with Gasteiger partial charge >= 0.3 is 0 Å². The zero-order valence-electron chi connectivity index (χ0n) is 11.3. The Balaban J connectivity index is 2.05. The minimum atomic E-state index is 0.0427. The maximum Gasteiger partial charge on any atom is 0.124 e. The highest BCUT2D eigenvalue weighted by Crippen LogP contribution is 2.26. The molecular formula is C15H23NO2. The summed E-state index contributed by atoms with van der Waals surface area (Å²) in [5, 5.41) is 0. The monoisotopic (exact) mass is 249 g/mol. The Hall–Kier alpha value is -1.06. The van der Waals surface area contributed by atoms with Crippen LogP contribution in [-0.2, 0) is 11.3 Å². The van der Waals surface area contributed by atoms with E-state index in [4.69, 9.17) is 15.2 Å². The van der Waals surface area contributed by atoms with Crippen molar-refractivity contribution in [1.29, 1.82) is 0 Å². The molecule has 1 unspecified atom stereocenters.